The Bertz CT molecular complexity index is 1650. The van der Waals surface area contributed by atoms with Gasteiger partial charge in [0.15, 0.2) is 15.6 Å². The molecule has 5 rings (SSSR count). The molecule has 0 saturated carbocycles. The maximum Gasteiger partial charge on any atom is 0.251 e. The number of hydrogen-bond acceptors (Lipinski definition) is 7. The number of aromatic nitrogens is 2. The molecule has 1 heterocycles. The molecule has 1 aliphatic carbocycles. The number of imidazole rings is 1. The van der Waals surface area contributed by atoms with Crippen molar-refractivity contribution >= 4 is 21.5 Å². The Balaban J connectivity index is 1.48. The number of aliphatic hydroxyl groups is 1. The molecule has 1 amide bonds. The van der Waals surface area contributed by atoms with Crippen molar-refractivity contribution < 1.29 is 27.9 Å². The van der Waals surface area contributed by atoms with Gasteiger partial charge in [-0.2, -0.15) is 0 Å². The normalized spacial score (nSPS) is 14.6. The van der Waals surface area contributed by atoms with Crippen molar-refractivity contribution in [3.8, 4) is 5.75 Å². The fourth-order valence-corrected chi connectivity index (χ4v) is 6.51. The maximum atomic E-state index is 13.7. The van der Waals surface area contributed by atoms with E-state index in [2.05, 4.69) is 10.3 Å². The molecule has 0 saturated heterocycles. The summed E-state index contributed by atoms with van der Waals surface area (Å²) >= 11 is 0. The average Bonchev–Trinajstić information content (AvgIpc) is 3.50. The van der Waals surface area contributed by atoms with Crippen LogP contribution in [0.1, 0.15) is 63.3 Å². The molecule has 42 heavy (non-hydrogen) atoms. The number of amides is 1. The van der Waals surface area contributed by atoms with Crippen LogP contribution in [0.3, 0.4) is 0 Å². The van der Waals surface area contributed by atoms with Crippen molar-refractivity contribution in [1.82, 2.24) is 14.9 Å². The Morgan fingerprint density at radius 2 is 1.83 bits per heavy atom. The lowest BCUT2D eigenvalue weighted by Crippen LogP contribution is -2.30. The highest BCUT2D eigenvalue weighted by Gasteiger charge is 2.28. The number of ether oxygens (including phenoxy) is 1. The zero-order valence-electron chi connectivity index (χ0n) is 23.3. The number of fused-ring (bicyclic) bond motifs is 1. The van der Waals surface area contributed by atoms with Crippen LogP contribution in [0.5, 0.6) is 5.75 Å². The molecule has 0 unspecified atom stereocenters. The third-order valence-electron chi connectivity index (χ3n) is 7.26. The topological polar surface area (TPSA) is 128 Å². The molecule has 0 spiro atoms. The van der Waals surface area contributed by atoms with Crippen molar-refractivity contribution in [1.29, 1.82) is 0 Å². The first kappa shape index (κ1) is 29.2. The number of nitrogens with one attached hydrogen (secondary N) is 1. The predicted octanol–water partition coefficient (Wildman–Crippen LogP) is 4.31. The van der Waals surface area contributed by atoms with Crippen molar-refractivity contribution in [2.24, 2.45) is 0 Å². The Morgan fingerprint density at radius 3 is 2.52 bits per heavy atom. The third-order valence-corrected chi connectivity index (χ3v) is 8.92. The lowest BCUT2D eigenvalue weighted by atomic mass is 9.87. The van der Waals surface area contributed by atoms with Crippen molar-refractivity contribution in [3.05, 3.63) is 113 Å². The van der Waals surface area contributed by atoms with Crippen molar-refractivity contribution in [2.45, 2.75) is 55.6 Å². The van der Waals surface area contributed by atoms with E-state index in [-0.39, 0.29) is 28.5 Å². The molecular formula is C32H33N3O6S. The first-order valence-corrected chi connectivity index (χ1v) is 15.5. The molecule has 3 aromatic carbocycles. The molecule has 0 aliphatic heterocycles. The minimum absolute atomic E-state index is 0.00737. The number of Topliss-reactive ketones (excluding diaryl/α,β-unsaturated/α-hetero) is 1. The Morgan fingerprint density at radius 1 is 1.07 bits per heavy atom. The molecule has 2 N–H and O–H groups in total. The number of hydrogen-bond donors (Lipinski definition) is 2. The fourth-order valence-electron chi connectivity index (χ4n) is 5.09. The first-order chi connectivity index (χ1) is 20.2. The molecule has 0 radical (unpaired) electrons. The smallest absolute Gasteiger partial charge is 0.251 e. The number of carbonyl (C=O) groups excluding carboxylic acids is 2. The molecule has 1 aromatic heterocycles. The summed E-state index contributed by atoms with van der Waals surface area (Å²) < 4.78 is 36.0. The number of carbonyl (C=O) groups is 2. The summed E-state index contributed by atoms with van der Waals surface area (Å²) in [5.74, 6) is -0.364. The maximum absolute atomic E-state index is 13.7. The summed E-state index contributed by atoms with van der Waals surface area (Å²) in [5, 5.41) is 12.0. The molecular weight excluding hydrogens is 554 g/mol. The number of nitrogens with zero attached hydrogens (tertiary/aromatic N) is 2. The second-order valence-corrected chi connectivity index (χ2v) is 12.5. The summed E-state index contributed by atoms with van der Waals surface area (Å²) in [6.45, 7) is 2.10. The molecule has 0 bridgehead atoms. The molecule has 9 nitrogen and oxygen atoms in total. The molecule has 2 atom stereocenters. The first-order valence-electron chi connectivity index (χ1n) is 13.9. The van der Waals surface area contributed by atoms with E-state index in [0.29, 0.717) is 48.2 Å². The van der Waals surface area contributed by atoms with Crippen LogP contribution in [-0.2, 0) is 28.6 Å². The summed E-state index contributed by atoms with van der Waals surface area (Å²) in [6, 6.07) is 18.8. The minimum Gasteiger partial charge on any atom is -0.484 e. The van der Waals surface area contributed by atoms with E-state index >= 15 is 0 Å². The van der Waals surface area contributed by atoms with Crippen molar-refractivity contribution in [3.63, 3.8) is 0 Å². The van der Waals surface area contributed by atoms with E-state index in [9.17, 15) is 23.1 Å². The van der Waals surface area contributed by atoms with Crippen LogP contribution in [0, 0.1) is 0 Å². The van der Waals surface area contributed by atoms with Gasteiger partial charge in [-0.3, -0.25) is 9.59 Å². The van der Waals surface area contributed by atoms with Gasteiger partial charge in [0.1, 0.15) is 11.9 Å². The van der Waals surface area contributed by atoms with Gasteiger partial charge >= 0.3 is 0 Å². The van der Waals surface area contributed by atoms with Gasteiger partial charge in [-0.1, -0.05) is 30.3 Å². The predicted molar refractivity (Wildman–Crippen MR) is 157 cm³/mol. The molecule has 0 fully saturated rings. The van der Waals surface area contributed by atoms with Crippen LogP contribution in [0.2, 0.25) is 0 Å². The van der Waals surface area contributed by atoms with Gasteiger partial charge in [-0.15, -0.1) is 0 Å². The van der Waals surface area contributed by atoms with E-state index in [1.54, 1.807) is 31.6 Å². The van der Waals surface area contributed by atoms with Gasteiger partial charge in [0.05, 0.1) is 29.6 Å². The van der Waals surface area contributed by atoms with Crippen LogP contribution in [-0.4, -0.2) is 47.4 Å². The highest BCUT2D eigenvalue weighted by atomic mass is 32.2. The Hall–Kier alpha value is -4.28. The highest BCUT2D eigenvalue weighted by Crippen LogP contribution is 2.36. The Kier molecular flexibility index (Phi) is 8.84. The zero-order chi connectivity index (χ0) is 29.7. The van der Waals surface area contributed by atoms with Gasteiger partial charge < -0.3 is 19.7 Å². The van der Waals surface area contributed by atoms with Crippen LogP contribution in [0.4, 0.5) is 0 Å². The molecule has 218 valence electrons. The number of rotatable bonds is 11. The van der Waals surface area contributed by atoms with Crippen molar-refractivity contribution in [2.75, 3.05) is 6.54 Å². The Labute approximate surface area is 245 Å². The van der Waals surface area contributed by atoms with Crippen LogP contribution < -0.4 is 10.1 Å². The molecule has 10 heteroatoms. The SMILES string of the molecule is C[C@@H](O)CNC(=O)c1ccc(S(=O)(=O)Cc2c(O[C@H](Cn3ccnc3)c3ccccc3)ccc3c2CCCC3=O)cc1. The molecule has 4 aromatic rings. The number of sulfone groups is 1. The monoisotopic (exact) mass is 587 g/mol. The van der Waals surface area contributed by atoms with Crippen LogP contribution in [0.15, 0.2) is 90.3 Å². The van der Waals surface area contributed by atoms with Crippen LogP contribution in [0.25, 0.3) is 0 Å². The largest absolute Gasteiger partial charge is 0.484 e. The zero-order valence-corrected chi connectivity index (χ0v) is 24.1. The second-order valence-electron chi connectivity index (χ2n) is 10.5. The number of ketones is 1. The summed E-state index contributed by atoms with van der Waals surface area (Å²) in [7, 11) is -3.88. The standard InChI is InChI=1S/C32H33N3O6S/c1-22(36)18-34-32(38)24-10-12-25(13-11-24)42(39,40)20-28-26-8-5-9-29(37)27(26)14-15-30(28)41-31(19-35-17-16-33-21-35)23-6-3-2-4-7-23/h2-4,6-7,10-17,21-22,31,36H,5,8-9,18-20H2,1H3,(H,34,38)/t22-,31-/m1/s1. The van der Waals surface area contributed by atoms with E-state index in [4.69, 9.17) is 4.74 Å². The fraction of sp³-hybridized carbons (Fsp3) is 0.281. The van der Waals surface area contributed by atoms with Crippen LogP contribution >= 0.6 is 0 Å². The lowest BCUT2D eigenvalue weighted by molar-refractivity contribution is 0.0923. The number of aliphatic hydroxyl groups excluding tert-OH is 1. The second kappa shape index (κ2) is 12.7. The van der Waals surface area contributed by atoms with E-state index in [1.807, 2.05) is 41.1 Å². The summed E-state index contributed by atoms with van der Waals surface area (Å²) in [6.07, 6.45) is 5.71. The summed E-state index contributed by atoms with van der Waals surface area (Å²) in [5.41, 5.74) is 2.92. The van der Waals surface area contributed by atoms with E-state index < -0.39 is 28.0 Å². The van der Waals surface area contributed by atoms with Gasteiger partial charge in [0.2, 0.25) is 0 Å². The number of benzene rings is 3. The average molecular weight is 588 g/mol. The van der Waals surface area contributed by atoms with Gasteiger partial charge in [0, 0.05) is 42.0 Å². The highest BCUT2D eigenvalue weighted by molar-refractivity contribution is 7.90. The lowest BCUT2D eigenvalue weighted by Gasteiger charge is -2.25. The van der Waals surface area contributed by atoms with Gasteiger partial charge in [-0.25, -0.2) is 13.4 Å². The van der Waals surface area contributed by atoms with Gasteiger partial charge in [-0.05, 0) is 67.3 Å². The molecule has 1 aliphatic rings. The minimum atomic E-state index is -3.88. The van der Waals surface area contributed by atoms with Gasteiger partial charge in [0.25, 0.3) is 5.91 Å². The summed E-state index contributed by atoms with van der Waals surface area (Å²) in [4.78, 5) is 29.3. The third kappa shape index (κ3) is 6.78. The van der Waals surface area contributed by atoms with E-state index in [0.717, 1.165) is 5.56 Å². The van der Waals surface area contributed by atoms with E-state index in [1.165, 1.54) is 24.3 Å². The quantitative estimate of drug-likeness (QED) is 0.268.